The van der Waals surface area contributed by atoms with Crippen molar-refractivity contribution in [3.8, 4) is 0 Å². The summed E-state index contributed by atoms with van der Waals surface area (Å²) in [6.45, 7) is 1.74. The molecule has 0 aliphatic carbocycles. The minimum atomic E-state index is 0.659. The van der Waals surface area contributed by atoms with E-state index in [1.807, 2.05) is 22.7 Å². The van der Waals surface area contributed by atoms with Crippen molar-refractivity contribution in [1.82, 2.24) is 14.6 Å². The molecule has 0 saturated carbocycles. The number of ether oxygens (including phenoxy) is 1. The van der Waals surface area contributed by atoms with Gasteiger partial charge in [-0.25, -0.2) is 0 Å². The Morgan fingerprint density at radius 2 is 2.18 bits per heavy atom. The smallest absolute Gasteiger partial charge is 0.162 e. The van der Waals surface area contributed by atoms with E-state index < -0.39 is 0 Å². The minimum absolute atomic E-state index is 0.659. The first-order chi connectivity index (χ1) is 8.33. The number of aromatic nitrogens is 3. The molecule has 2 aromatic heterocycles. The van der Waals surface area contributed by atoms with E-state index in [9.17, 15) is 0 Å². The Morgan fingerprint density at radius 1 is 1.35 bits per heavy atom. The predicted octanol–water partition coefficient (Wildman–Crippen LogP) is 2.35. The third-order valence-corrected chi connectivity index (χ3v) is 3.49. The number of halogens is 1. The highest BCUT2D eigenvalue weighted by atomic mass is 35.5. The van der Waals surface area contributed by atoms with Gasteiger partial charge < -0.3 is 4.74 Å². The monoisotopic (exact) mass is 251 g/mol. The predicted molar refractivity (Wildman–Crippen MR) is 65.2 cm³/mol. The molecule has 17 heavy (non-hydrogen) atoms. The summed E-state index contributed by atoms with van der Waals surface area (Å²) < 4.78 is 7.38. The fourth-order valence-electron chi connectivity index (χ4n) is 2.26. The first-order valence-corrected chi connectivity index (χ1v) is 6.27. The van der Waals surface area contributed by atoms with Gasteiger partial charge in [0, 0.05) is 36.9 Å². The van der Waals surface area contributed by atoms with E-state index >= 15 is 0 Å². The summed E-state index contributed by atoms with van der Waals surface area (Å²) in [4.78, 5) is 0. The van der Waals surface area contributed by atoms with Crippen molar-refractivity contribution < 1.29 is 4.74 Å². The first-order valence-electron chi connectivity index (χ1n) is 5.90. The fourth-order valence-corrected chi connectivity index (χ4v) is 2.42. The van der Waals surface area contributed by atoms with Crippen LogP contribution in [0.15, 0.2) is 18.3 Å². The Morgan fingerprint density at radius 3 is 3.00 bits per heavy atom. The normalized spacial score (nSPS) is 17.7. The Kier molecular flexibility index (Phi) is 2.99. The van der Waals surface area contributed by atoms with Crippen molar-refractivity contribution in [2.75, 3.05) is 13.2 Å². The first kappa shape index (κ1) is 11.0. The standard InChI is InChI=1S/C12H14ClN3O/c13-10-1-4-16-11(14-15-12(16)8-10)7-9-2-5-17-6-3-9/h1,4,8-9H,2-3,5-7H2. The van der Waals surface area contributed by atoms with Gasteiger partial charge in [0.15, 0.2) is 5.65 Å². The molecular weight excluding hydrogens is 238 g/mol. The highest BCUT2D eigenvalue weighted by Crippen LogP contribution is 2.20. The van der Waals surface area contributed by atoms with Gasteiger partial charge in [-0.2, -0.15) is 0 Å². The van der Waals surface area contributed by atoms with Crippen LogP contribution in [0.4, 0.5) is 0 Å². The van der Waals surface area contributed by atoms with E-state index in [0.717, 1.165) is 43.9 Å². The Hall–Kier alpha value is -1.13. The van der Waals surface area contributed by atoms with Gasteiger partial charge in [-0.05, 0) is 24.8 Å². The lowest BCUT2D eigenvalue weighted by Gasteiger charge is -2.20. The van der Waals surface area contributed by atoms with Gasteiger partial charge in [0.05, 0.1) is 0 Å². The van der Waals surface area contributed by atoms with Crippen LogP contribution in [-0.2, 0) is 11.2 Å². The van der Waals surface area contributed by atoms with E-state index in [0.29, 0.717) is 10.9 Å². The van der Waals surface area contributed by atoms with Crippen molar-refractivity contribution in [3.05, 3.63) is 29.2 Å². The van der Waals surface area contributed by atoms with Crippen molar-refractivity contribution >= 4 is 17.2 Å². The number of nitrogens with zero attached hydrogens (tertiary/aromatic N) is 3. The molecule has 1 fully saturated rings. The molecule has 0 bridgehead atoms. The second kappa shape index (κ2) is 4.63. The molecule has 0 atom stereocenters. The van der Waals surface area contributed by atoms with E-state index in [1.165, 1.54) is 0 Å². The number of rotatable bonds is 2. The maximum Gasteiger partial charge on any atom is 0.162 e. The van der Waals surface area contributed by atoms with E-state index in [1.54, 1.807) is 0 Å². The maximum absolute atomic E-state index is 5.92. The van der Waals surface area contributed by atoms with Crippen molar-refractivity contribution in [2.45, 2.75) is 19.3 Å². The van der Waals surface area contributed by atoms with Gasteiger partial charge in [0.1, 0.15) is 5.82 Å². The lowest BCUT2D eigenvalue weighted by Crippen LogP contribution is -2.18. The quantitative estimate of drug-likeness (QED) is 0.823. The van der Waals surface area contributed by atoms with Crippen LogP contribution in [0.3, 0.4) is 0 Å². The Bertz CT molecular complexity index is 519. The largest absolute Gasteiger partial charge is 0.381 e. The van der Waals surface area contributed by atoms with Crippen LogP contribution in [0.1, 0.15) is 18.7 Å². The van der Waals surface area contributed by atoms with E-state index in [-0.39, 0.29) is 0 Å². The van der Waals surface area contributed by atoms with Crippen LogP contribution < -0.4 is 0 Å². The summed E-state index contributed by atoms with van der Waals surface area (Å²) in [5.74, 6) is 1.68. The zero-order valence-corrected chi connectivity index (χ0v) is 10.2. The van der Waals surface area contributed by atoms with Gasteiger partial charge in [0.25, 0.3) is 0 Å². The van der Waals surface area contributed by atoms with Crippen molar-refractivity contribution in [1.29, 1.82) is 0 Å². The van der Waals surface area contributed by atoms with Crippen LogP contribution >= 0.6 is 11.6 Å². The molecule has 3 heterocycles. The van der Waals surface area contributed by atoms with Gasteiger partial charge in [0.2, 0.25) is 0 Å². The third kappa shape index (κ3) is 2.28. The molecular formula is C12H14ClN3O. The van der Waals surface area contributed by atoms with Crippen molar-refractivity contribution in [3.63, 3.8) is 0 Å². The Balaban J connectivity index is 1.84. The highest BCUT2D eigenvalue weighted by molar-refractivity contribution is 6.30. The molecule has 4 nitrogen and oxygen atoms in total. The van der Waals surface area contributed by atoms with E-state index in [2.05, 4.69) is 10.2 Å². The SMILES string of the molecule is Clc1ccn2c(CC3CCOCC3)nnc2c1. The third-order valence-electron chi connectivity index (χ3n) is 3.25. The van der Waals surface area contributed by atoms with Gasteiger partial charge in [-0.1, -0.05) is 11.6 Å². The molecule has 0 unspecified atom stereocenters. The molecule has 1 aliphatic heterocycles. The average Bonchev–Trinajstić information content (AvgIpc) is 2.73. The van der Waals surface area contributed by atoms with Crippen LogP contribution in [0.5, 0.6) is 0 Å². The van der Waals surface area contributed by atoms with Crippen molar-refractivity contribution in [2.24, 2.45) is 5.92 Å². The molecule has 5 heteroatoms. The Labute approximate surface area is 105 Å². The summed E-state index contributed by atoms with van der Waals surface area (Å²) in [5.41, 5.74) is 0.819. The van der Waals surface area contributed by atoms with Gasteiger partial charge in [-0.3, -0.25) is 4.40 Å². The zero-order valence-electron chi connectivity index (χ0n) is 9.47. The number of pyridine rings is 1. The van der Waals surface area contributed by atoms with Crippen LogP contribution in [-0.4, -0.2) is 27.8 Å². The molecule has 0 spiro atoms. The lowest BCUT2D eigenvalue weighted by molar-refractivity contribution is 0.0659. The van der Waals surface area contributed by atoms with E-state index in [4.69, 9.17) is 16.3 Å². The highest BCUT2D eigenvalue weighted by Gasteiger charge is 2.17. The van der Waals surface area contributed by atoms with Crippen LogP contribution in [0.25, 0.3) is 5.65 Å². The molecule has 1 saturated heterocycles. The minimum Gasteiger partial charge on any atom is -0.381 e. The van der Waals surface area contributed by atoms with Crippen LogP contribution in [0, 0.1) is 5.92 Å². The van der Waals surface area contributed by atoms with Gasteiger partial charge >= 0.3 is 0 Å². The molecule has 90 valence electrons. The fraction of sp³-hybridized carbons (Fsp3) is 0.500. The topological polar surface area (TPSA) is 39.4 Å². The summed E-state index contributed by atoms with van der Waals surface area (Å²) >= 11 is 5.92. The molecule has 3 rings (SSSR count). The molecule has 2 aromatic rings. The molecule has 0 amide bonds. The average molecular weight is 252 g/mol. The maximum atomic E-state index is 5.92. The summed E-state index contributed by atoms with van der Waals surface area (Å²) in [6, 6.07) is 3.70. The van der Waals surface area contributed by atoms with Crippen LogP contribution in [0.2, 0.25) is 5.02 Å². The summed E-state index contributed by atoms with van der Waals surface area (Å²) in [5, 5.41) is 9.08. The lowest BCUT2D eigenvalue weighted by atomic mass is 9.96. The molecule has 1 aliphatic rings. The second-order valence-electron chi connectivity index (χ2n) is 4.45. The zero-order chi connectivity index (χ0) is 11.7. The second-order valence-corrected chi connectivity index (χ2v) is 4.89. The molecule has 0 radical (unpaired) electrons. The van der Waals surface area contributed by atoms with Gasteiger partial charge in [-0.15, -0.1) is 10.2 Å². The number of hydrogen-bond donors (Lipinski definition) is 0. The number of hydrogen-bond acceptors (Lipinski definition) is 3. The summed E-state index contributed by atoms with van der Waals surface area (Å²) in [7, 11) is 0. The molecule has 0 aromatic carbocycles. The summed E-state index contributed by atoms with van der Waals surface area (Å²) in [6.07, 6.45) is 5.13. The number of fused-ring (bicyclic) bond motifs is 1. The molecule has 0 N–H and O–H groups in total.